The molecule has 23 heavy (non-hydrogen) atoms. The predicted octanol–water partition coefficient (Wildman–Crippen LogP) is 0.901. The Kier molecular flexibility index (Phi) is 16.0. The first-order chi connectivity index (χ1) is 11.2. The van der Waals surface area contributed by atoms with Crippen LogP contribution in [-0.2, 0) is 14.3 Å². The lowest BCUT2D eigenvalue weighted by molar-refractivity contribution is -0.119. The van der Waals surface area contributed by atoms with Crippen molar-refractivity contribution in [3.63, 3.8) is 0 Å². The van der Waals surface area contributed by atoms with E-state index in [2.05, 4.69) is 27.9 Å². The molecule has 0 bridgehead atoms. The van der Waals surface area contributed by atoms with E-state index in [-0.39, 0.29) is 12.5 Å². The molecule has 0 rings (SSSR count). The summed E-state index contributed by atoms with van der Waals surface area (Å²) in [6.45, 7) is 10.9. The molecule has 0 heterocycles. The molecule has 0 aromatic rings. The van der Waals surface area contributed by atoms with Crippen molar-refractivity contribution in [2.45, 2.75) is 40.0 Å². The second-order valence-electron chi connectivity index (χ2n) is 5.05. The first kappa shape index (κ1) is 21.7. The molecule has 0 aliphatic heterocycles. The van der Waals surface area contributed by atoms with Gasteiger partial charge in [-0.2, -0.15) is 0 Å². The highest BCUT2D eigenvalue weighted by atomic mass is 16.5. The fourth-order valence-corrected chi connectivity index (χ4v) is 1.62. The Morgan fingerprint density at radius 3 is 2.26 bits per heavy atom. The molecule has 0 saturated carbocycles. The molecule has 1 amide bonds. The largest absolute Gasteiger partial charge is 0.379 e. The summed E-state index contributed by atoms with van der Waals surface area (Å²) in [6.07, 6.45) is 3.16. The summed E-state index contributed by atoms with van der Waals surface area (Å²) >= 11 is 0. The summed E-state index contributed by atoms with van der Waals surface area (Å²) in [4.78, 5) is 15.8. The van der Waals surface area contributed by atoms with Crippen molar-refractivity contribution >= 4 is 11.9 Å². The molecule has 0 aliphatic carbocycles. The van der Waals surface area contributed by atoms with E-state index in [0.29, 0.717) is 38.9 Å². The molecule has 7 nitrogen and oxygen atoms in total. The van der Waals surface area contributed by atoms with Crippen molar-refractivity contribution in [2.75, 3.05) is 52.6 Å². The minimum atomic E-state index is -0.0652. The van der Waals surface area contributed by atoms with Gasteiger partial charge in [0.25, 0.3) is 0 Å². The fourth-order valence-electron chi connectivity index (χ4n) is 1.62. The van der Waals surface area contributed by atoms with E-state index in [0.717, 1.165) is 32.4 Å². The Morgan fingerprint density at radius 1 is 0.870 bits per heavy atom. The van der Waals surface area contributed by atoms with Gasteiger partial charge in [-0.05, 0) is 19.8 Å². The summed E-state index contributed by atoms with van der Waals surface area (Å²) in [6, 6.07) is 0. The smallest absolute Gasteiger partial charge is 0.241 e. The van der Waals surface area contributed by atoms with Crippen LogP contribution in [0.4, 0.5) is 0 Å². The minimum absolute atomic E-state index is 0.0652. The Morgan fingerprint density at radius 2 is 1.61 bits per heavy atom. The number of hydrogen-bond donors (Lipinski definition) is 3. The van der Waals surface area contributed by atoms with Gasteiger partial charge in [-0.15, -0.1) is 0 Å². The molecule has 0 fully saturated rings. The van der Waals surface area contributed by atoms with E-state index >= 15 is 0 Å². The average molecular weight is 330 g/mol. The molecule has 0 saturated heterocycles. The van der Waals surface area contributed by atoms with Gasteiger partial charge in [-0.3, -0.25) is 4.79 Å². The number of carbonyl (C=O) groups is 1. The number of hydrogen-bond acceptors (Lipinski definition) is 4. The van der Waals surface area contributed by atoms with E-state index in [4.69, 9.17) is 9.47 Å². The van der Waals surface area contributed by atoms with Crippen LogP contribution in [0.15, 0.2) is 4.99 Å². The minimum Gasteiger partial charge on any atom is -0.379 e. The molecule has 0 atom stereocenters. The molecular formula is C16H34N4O3. The van der Waals surface area contributed by atoms with Gasteiger partial charge in [-0.1, -0.05) is 20.3 Å². The van der Waals surface area contributed by atoms with E-state index in [9.17, 15) is 4.79 Å². The summed E-state index contributed by atoms with van der Waals surface area (Å²) in [5.41, 5.74) is 0. The van der Waals surface area contributed by atoms with Crippen LogP contribution < -0.4 is 16.0 Å². The van der Waals surface area contributed by atoms with Gasteiger partial charge in [0, 0.05) is 26.2 Å². The van der Waals surface area contributed by atoms with Crippen LogP contribution in [0.2, 0.25) is 0 Å². The van der Waals surface area contributed by atoms with Gasteiger partial charge in [0.05, 0.1) is 19.8 Å². The number of nitrogens with one attached hydrogen (secondary N) is 3. The van der Waals surface area contributed by atoms with Crippen LogP contribution in [0, 0.1) is 0 Å². The van der Waals surface area contributed by atoms with Gasteiger partial charge >= 0.3 is 0 Å². The van der Waals surface area contributed by atoms with Crippen LogP contribution >= 0.6 is 0 Å². The SMILES string of the molecule is CCCCOCCOCCNC(=NCC(=O)NCCC)NCC. The van der Waals surface area contributed by atoms with E-state index in [1.165, 1.54) is 0 Å². The lowest BCUT2D eigenvalue weighted by Gasteiger charge is -2.11. The first-order valence-electron chi connectivity index (χ1n) is 8.68. The average Bonchev–Trinajstić information content (AvgIpc) is 2.56. The number of amides is 1. The number of carbonyl (C=O) groups excluding carboxylic acids is 1. The summed E-state index contributed by atoms with van der Waals surface area (Å²) < 4.78 is 10.9. The van der Waals surface area contributed by atoms with Crippen molar-refractivity contribution in [1.29, 1.82) is 0 Å². The molecule has 136 valence electrons. The lowest BCUT2D eigenvalue weighted by atomic mass is 10.4. The van der Waals surface area contributed by atoms with Gasteiger partial charge in [0.2, 0.25) is 5.91 Å². The molecule has 0 aliphatic rings. The highest BCUT2D eigenvalue weighted by molar-refractivity contribution is 5.84. The van der Waals surface area contributed by atoms with Gasteiger partial charge in [-0.25, -0.2) is 4.99 Å². The highest BCUT2D eigenvalue weighted by Crippen LogP contribution is 1.87. The normalized spacial score (nSPS) is 11.3. The number of unbranched alkanes of at least 4 members (excludes halogenated alkanes) is 1. The van der Waals surface area contributed by atoms with Gasteiger partial charge in [0.15, 0.2) is 5.96 Å². The summed E-state index contributed by atoms with van der Waals surface area (Å²) in [7, 11) is 0. The zero-order valence-electron chi connectivity index (χ0n) is 15.0. The number of guanidine groups is 1. The summed E-state index contributed by atoms with van der Waals surface area (Å²) in [5.74, 6) is 0.562. The maximum absolute atomic E-state index is 11.5. The van der Waals surface area contributed by atoms with Crippen molar-refractivity contribution in [2.24, 2.45) is 4.99 Å². The van der Waals surface area contributed by atoms with Crippen molar-refractivity contribution in [1.82, 2.24) is 16.0 Å². The van der Waals surface area contributed by atoms with Crippen LogP contribution in [0.5, 0.6) is 0 Å². The highest BCUT2D eigenvalue weighted by Gasteiger charge is 2.01. The Bertz CT molecular complexity index is 312. The molecule has 7 heteroatoms. The number of ether oxygens (including phenoxy) is 2. The summed E-state index contributed by atoms with van der Waals surface area (Å²) in [5, 5.41) is 9.03. The molecule has 0 aromatic heterocycles. The van der Waals surface area contributed by atoms with Crippen LogP contribution in [0.1, 0.15) is 40.0 Å². The number of nitrogens with zero attached hydrogens (tertiary/aromatic N) is 1. The van der Waals surface area contributed by atoms with Crippen LogP contribution in [-0.4, -0.2) is 64.5 Å². The first-order valence-corrected chi connectivity index (χ1v) is 8.68. The Balaban J connectivity index is 3.72. The third kappa shape index (κ3) is 15.3. The maximum atomic E-state index is 11.5. The maximum Gasteiger partial charge on any atom is 0.241 e. The number of rotatable bonds is 14. The van der Waals surface area contributed by atoms with Crippen molar-refractivity contribution in [3.8, 4) is 0 Å². The topological polar surface area (TPSA) is 84.0 Å². The Hall–Kier alpha value is -1.34. The standard InChI is InChI=1S/C16H34N4O3/c1-4-7-10-22-12-13-23-11-9-19-16(17-6-3)20-14-15(21)18-8-5-2/h4-14H2,1-3H3,(H,18,21)(H2,17,19,20). The van der Waals surface area contributed by atoms with Crippen molar-refractivity contribution in [3.05, 3.63) is 0 Å². The predicted molar refractivity (Wildman–Crippen MR) is 93.8 cm³/mol. The van der Waals surface area contributed by atoms with E-state index < -0.39 is 0 Å². The van der Waals surface area contributed by atoms with E-state index in [1.807, 2.05) is 13.8 Å². The van der Waals surface area contributed by atoms with Crippen LogP contribution in [0.3, 0.4) is 0 Å². The molecule has 0 radical (unpaired) electrons. The molecule has 3 N–H and O–H groups in total. The molecule has 0 spiro atoms. The molecule has 0 unspecified atom stereocenters. The Labute approximate surface area is 140 Å². The molecular weight excluding hydrogens is 296 g/mol. The lowest BCUT2D eigenvalue weighted by Crippen LogP contribution is -2.40. The van der Waals surface area contributed by atoms with Crippen molar-refractivity contribution < 1.29 is 14.3 Å². The number of aliphatic imine (C=N–C) groups is 1. The van der Waals surface area contributed by atoms with Gasteiger partial charge in [0.1, 0.15) is 6.54 Å². The fraction of sp³-hybridized carbons (Fsp3) is 0.875. The second kappa shape index (κ2) is 17.0. The van der Waals surface area contributed by atoms with Crippen LogP contribution in [0.25, 0.3) is 0 Å². The monoisotopic (exact) mass is 330 g/mol. The van der Waals surface area contributed by atoms with Gasteiger partial charge < -0.3 is 25.4 Å². The second-order valence-corrected chi connectivity index (χ2v) is 5.05. The molecule has 0 aromatic carbocycles. The zero-order valence-corrected chi connectivity index (χ0v) is 15.0. The third-order valence-electron chi connectivity index (χ3n) is 2.85. The quantitative estimate of drug-likeness (QED) is 0.250. The van der Waals surface area contributed by atoms with E-state index in [1.54, 1.807) is 0 Å². The zero-order chi connectivity index (χ0) is 17.2. The third-order valence-corrected chi connectivity index (χ3v) is 2.85.